The second-order valence-corrected chi connectivity index (χ2v) is 6.65. The molecule has 1 aliphatic rings. The summed E-state index contributed by atoms with van der Waals surface area (Å²) in [5.74, 6) is 0.269. The van der Waals surface area contributed by atoms with Gasteiger partial charge in [-0.3, -0.25) is 9.59 Å². The van der Waals surface area contributed by atoms with E-state index in [1.165, 1.54) is 25.5 Å². The van der Waals surface area contributed by atoms with Crippen LogP contribution in [0.15, 0.2) is 17.1 Å². The number of hydrogen-bond acceptors (Lipinski definition) is 3. The number of nitrogens with one attached hydrogen (secondary N) is 1. The molecule has 1 aromatic rings. The third kappa shape index (κ3) is 4.93. The number of aromatic nitrogens is 1. The lowest BCUT2D eigenvalue weighted by molar-refractivity contribution is 0.0934. The number of nitrogens with zero attached hydrogens (tertiary/aromatic N) is 2. The minimum Gasteiger partial charge on any atom is -0.354 e. The Labute approximate surface area is 138 Å². The Bertz CT molecular complexity index is 586. The fraction of sp³-hybridized carbons (Fsp3) is 0.667. The number of likely N-dealkylation sites (tertiary alicyclic amines) is 1. The summed E-state index contributed by atoms with van der Waals surface area (Å²) in [5, 5.41) is 2.94. The lowest BCUT2D eigenvalue weighted by Crippen LogP contribution is -2.39. The van der Waals surface area contributed by atoms with Gasteiger partial charge in [-0.25, -0.2) is 0 Å². The highest BCUT2D eigenvalue weighted by atomic mass is 16.2. The van der Waals surface area contributed by atoms with E-state index in [4.69, 9.17) is 0 Å². The van der Waals surface area contributed by atoms with Gasteiger partial charge >= 0.3 is 0 Å². The maximum absolute atomic E-state index is 12.2. The molecule has 1 amide bonds. The largest absolute Gasteiger partial charge is 0.354 e. The zero-order valence-corrected chi connectivity index (χ0v) is 14.6. The maximum Gasteiger partial charge on any atom is 0.256 e. The fourth-order valence-corrected chi connectivity index (χ4v) is 3.03. The summed E-state index contributed by atoms with van der Waals surface area (Å²) in [6.45, 7) is 8.17. The summed E-state index contributed by atoms with van der Waals surface area (Å²) >= 11 is 0. The van der Waals surface area contributed by atoms with E-state index in [-0.39, 0.29) is 16.9 Å². The van der Waals surface area contributed by atoms with Crippen molar-refractivity contribution in [3.8, 4) is 0 Å². The quantitative estimate of drug-likeness (QED) is 0.872. The molecule has 0 aromatic carbocycles. The molecule has 2 rings (SSSR count). The van der Waals surface area contributed by atoms with E-state index in [1.807, 2.05) is 18.5 Å². The smallest absolute Gasteiger partial charge is 0.256 e. The van der Waals surface area contributed by atoms with E-state index < -0.39 is 0 Å². The number of pyridine rings is 1. The second-order valence-electron chi connectivity index (χ2n) is 6.65. The van der Waals surface area contributed by atoms with Crippen molar-refractivity contribution in [1.82, 2.24) is 14.8 Å². The molecular weight excluding hydrogens is 290 g/mol. The van der Waals surface area contributed by atoms with Crippen LogP contribution < -0.4 is 10.7 Å². The summed E-state index contributed by atoms with van der Waals surface area (Å²) in [6, 6.07) is 1.52. The summed E-state index contributed by atoms with van der Waals surface area (Å²) in [7, 11) is 1.84. The van der Waals surface area contributed by atoms with Crippen molar-refractivity contribution in [1.29, 1.82) is 0 Å². The number of carbonyl (C=O) groups excluding carboxylic acids is 1. The van der Waals surface area contributed by atoms with E-state index in [0.717, 1.165) is 31.6 Å². The SMILES string of the molecule is CCCCN1CCC(CNC(=O)c2cn(C)c(C)cc2=O)CC1. The highest BCUT2D eigenvalue weighted by Gasteiger charge is 2.20. The molecule has 0 aliphatic carbocycles. The molecule has 0 unspecified atom stereocenters. The molecule has 0 radical (unpaired) electrons. The molecule has 1 aromatic heterocycles. The third-order valence-corrected chi connectivity index (χ3v) is 4.82. The minimum atomic E-state index is -0.251. The molecule has 5 nitrogen and oxygen atoms in total. The van der Waals surface area contributed by atoms with Gasteiger partial charge in [0.2, 0.25) is 0 Å². The topological polar surface area (TPSA) is 54.3 Å². The third-order valence-electron chi connectivity index (χ3n) is 4.82. The fourth-order valence-electron chi connectivity index (χ4n) is 3.03. The molecule has 128 valence electrons. The van der Waals surface area contributed by atoms with Crippen LogP contribution in [-0.4, -0.2) is 41.6 Å². The normalized spacial score (nSPS) is 16.5. The summed E-state index contributed by atoms with van der Waals surface area (Å²) in [5.41, 5.74) is 0.886. The molecule has 2 heterocycles. The Kier molecular flexibility index (Phi) is 6.39. The Morgan fingerprint density at radius 2 is 2.04 bits per heavy atom. The molecule has 23 heavy (non-hydrogen) atoms. The number of aryl methyl sites for hydroxylation is 2. The van der Waals surface area contributed by atoms with Crippen molar-refractivity contribution < 1.29 is 4.79 Å². The van der Waals surface area contributed by atoms with Crippen molar-refractivity contribution in [3.63, 3.8) is 0 Å². The monoisotopic (exact) mass is 319 g/mol. The van der Waals surface area contributed by atoms with Crippen molar-refractivity contribution in [2.24, 2.45) is 13.0 Å². The van der Waals surface area contributed by atoms with Crippen LogP contribution in [-0.2, 0) is 7.05 Å². The van der Waals surface area contributed by atoms with Crippen molar-refractivity contribution in [2.45, 2.75) is 39.5 Å². The minimum absolute atomic E-state index is 0.201. The number of hydrogen-bond donors (Lipinski definition) is 1. The van der Waals surface area contributed by atoms with Crippen LogP contribution in [0.3, 0.4) is 0 Å². The zero-order chi connectivity index (χ0) is 16.8. The van der Waals surface area contributed by atoms with Crippen molar-refractivity contribution in [2.75, 3.05) is 26.2 Å². The first-order valence-corrected chi connectivity index (χ1v) is 8.69. The van der Waals surface area contributed by atoms with Crippen molar-refractivity contribution in [3.05, 3.63) is 33.7 Å². The Morgan fingerprint density at radius 1 is 1.35 bits per heavy atom. The van der Waals surface area contributed by atoms with Crippen LogP contribution in [0, 0.1) is 12.8 Å². The average molecular weight is 319 g/mol. The summed E-state index contributed by atoms with van der Waals surface area (Å²) < 4.78 is 1.81. The molecular formula is C18H29N3O2. The second kappa shape index (κ2) is 8.29. The van der Waals surface area contributed by atoms with Crippen LogP contribution in [0.2, 0.25) is 0 Å². The number of piperidine rings is 1. The standard InChI is InChI=1S/C18H29N3O2/c1-4-5-8-21-9-6-15(7-10-21)12-19-18(23)16-13-20(3)14(2)11-17(16)22/h11,13,15H,4-10,12H2,1-3H3,(H,19,23). The molecule has 5 heteroatoms. The maximum atomic E-state index is 12.2. The molecule has 1 N–H and O–H groups in total. The van der Waals surface area contributed by atoms with Crippen LogP contribution in [0.4, 0.5) is 0 Å². The van der Waals surface area contributed by atoms with Crippen LogP contribution in [0.1, 0.15) is 48.7 Å². The van der Waals surface area contributed by atoms with Crippen LogP contribution in [0.5, 0.6) is 0 Å². The molecule has 1 aliphatic heterocycles. The predicted molar refractivity (Wildman–Crippen MR) is 92.8 cm³/mol. The van der Waals surface area contributed by atoms with E-state index in [9.17, 15) is 9.59 Å². The molecule has 0 bridgehead atoms. The van der Waals surface area contributed by atoms with Gasteiger partial charge in [-0.2, -0.15) is 0 Å². The number of unbranched alkanes of at least 4 members (excludes halogenated alkanes) is 1. The number of carbonyl (C=O) groups is 1. The molecule has 1 saturated heterocycles. The van der Waals surface area contributed by atoms with Gasteiger partial charge in [0.25, 0.3) is 5.91 Å². The molecule has 0 atom stereocenters. The summed E-state index contributed by atoms with van der Waals surface area (Å²) in [4.78, 5) is 26.7. The first kappa shape index (κ1) is 17.7. The van der Waals surface area contributed by atoms with Gasteiger partial charge in [0.15, 0.2) is 5.43 Å². The van der Waals surface area contributed by atoms with Crippen molar-refractivity contribution >= 4 is 5.91 Å². The molecule has 1 fully saturated rings. The Hall–Kier alpha value is -1.62. The van der Waals surface area contributed by atoms with Gasteiger partial charge in [0.05, 0.1) is 0 Å². The van der Waals surface area contributed by atoms with E-state index in [2.05, 4.69) is 17.1 Å². The first-order chi connectivity index (χ1) is 11.0. The lowest BCUT2D eigenvalue weighted by Gasteiger charge is -2.31. The predicted octanol–water partition coefficient (Wildman–Crippen LogP) is 1.94. The number of amides is 1. The van der Waals surface area contributed by atoms with Gasteiger partial charge in [0, 0.05) is 31.5 Å². The lowest BCUT2D eigenvalue weighted by atomic mass is 9.96. The van der Waals surface area contributed by atoms with Crippen LogP contribution in [0.25, 0.3) is 0 Å². The zero-order valence-electron chi connectivity index (χ0n) is 14.6. The molecule has 0 spiro atoms. The van der Waals surface area contributed by atoms with Crippen LogP contribution >= 0.6 is 0 Å². The number of rotatable bonds is 6. The first-order valence-electron chi connectivity index (χ1n) is 8.69. The Balaban J connectivity index is 1.82. The van der Waals surface area contributed by atoms with E-state index >= 15 is 0 Å². The average Bonchev–Trinajstić information content (AvgIpc) is 2.55. The van der Waals surface area contributed by atoms with E-state index in [0.29, 0.717) is 12.5 Å². The summed E-state index contributed by atoms with van der Waals surface area (Å²) in [6.07, 6.45) is 6.37. The van der Waals surface area contributed by atoms with E-state index in [1.54, 1.807) is 6.20 Å². The van der Waals surface area contributed by atoms with Gasteiger partial charge in [0.1, 0.15) is 5.56 Å². The Morgan fingerprint density at radius 3 is 2.70 bits per heavy atom. The van der Waals surface area contributed by atoms with Gasteiger partial charge in [-0.15, -0.1) is 0 Å². The molecule has 0 saturated carbocycles. The highest BCUT2D eigenvalue weighted by Crippen LogP contribution is 2.16. The van der Waals surface area contributed by atoms with Gasteiger partial charge < -0.3 is 14.8 Å². The van der Waals surface area contributed by atoms with Gasteiger partial charge in [-0.05, 0) is 51.7 Å². The van der Waals surface area contributed by atoms with Gasteiger partial charge in [-0.1, -0.05) is 13.3 Å². The highest BCUT2D eigenvalue weighted by molar-refractivity contribution is 5.93.